The van der Waals surface area contributed by atoms with Gasteiger partial charge in [0, 0.05) is 14.0 Å². The monoisotopic (exact) mass is 436 g/mol. The molecule has 0 radical (unpaired) electrons. The highest BCUT2D eigenvalue weighted by Gasteiger charge is 2.19. The summed E-state index contributed by atoms with van der Waals surface area (Å²) in [4.78, 5) is 0.296. The number of sulfone groups is 1. The lowest BCUT2D eigenvalue weighted by Gasteiger charge is -2.09. The Morgan fingerprint density at radius 1 is 1.05 bits per heavy atom. The lowest BCUT2D eigenvalue weighted by molar-refractivity contribution is 0.594. The molecule has 106 valence electrons. The maximum absolute atomic E-state index is 12.5. The minimum Gasteiger partial charge on any atom is -0.223 e. The molecule has 0 saturated carbocycles. The van der Waals surface area contributed by atoms with Gasteiger partial charge in [-0.05, 0) is 58.2 Å². The minimum absolute atomic E-state index is 0.0770. The Morgan fingerprint density at radius 3 is 2.35 bits per heavy atom. The number of halogens is 3. The summed E-state index contributed by atoms with van der Waals surface area (Å²) >= 11 is 12.5. The summed E-state index contributed by atoms with van der Waals surface area (Å²) < 4.78 is 26.3. The number of benzene rings is 2. The molecule has 0 N–H and O–H groups in total. The van der Waals surface area contributed by atoms with Crippen LogP contribution in [-0.2, 0) is 15.6 Å². The molecular weight excluding hydrogens is 427 g/mol. The molecule has 0 saturated heterocycles. The van der Waals surface area contributed by atoms with Gasteiger partial charge in [0.1, 0.15) is 0 Å². The van der Waals surface area contributed by atoms with Crippen molar-refractivity contribution >= 4 is 53.3 Å². The van der Waals surface area contributed by atoms with Gasteiger partial charge >= 0.3 is 0 Å². The Morgan fingerprint density at radius 2 is 1.75 bits per heavy atom. The summed E-state index contributed by atoms with van der Waals surface area (Å²) in [5, 5.41) is 0.564. The third-order valence-electron chi connectivity index (χ3n) is 2.78. The smallest absolute Gasteiger partial charge is 0.183 e. The highest BCUT2D eigenvalue weighted by atomic mass is 79.9. The van der Waals surface area contributed by atoms with Gasteiger partial charge in [0.15, 0.2) is 9.84 Å². The van der Waals surface area contributed by atoms with E-state index in [1.54, 1.807) is 36.4 Å². The topological polar surface area (TPSA) is 34.1 Å². The van der Waals surface area contributed by atoms with Crippen LogP contribution in [0.4, 0.5) is 0 Å². The molecule has 0 amide bonds. The van der Waals surface area contributed by atoms with Crippen molar-refractivity contribution in [2.24, 2.45) is 0 Å². The summed E-state index contributed by atoms with van der Waals surface area (Å²) in [5.74, 6) is -0.0770. The fourth-order valence-electron chi connectivity index (χ4n) is 1.78. The predicted molar refractivity (Wildman–Crippen MR) is 88.9 cm³/mol. The Bertz CT molecular complexity index is 758. The van der Waals surface area contributed by atoms with E-state index in [2.05, 4.69) is 31.9 Å². The first-order valence-electron chi connectivity index (χ1n) is 5.72. The van der Waals surface area contributed by atoms with Crippen molar-refractivity contribution in [3.05, 3.63) is 61.5 Å². The zero-order chi connectivity index (χ0) is 14.9. The summed E-state index contributed by atoms with van der Waals surface area (Å²) in [6, 6.07) is 10.3. The molecule has 2 rings (SSSR count). The number of rotatable bonds is 3. The van der Waals surface area contributed by atoms with Crippen LogP contribution in [0.3, 0.4) is 0 Å². The molecule has 0 bridgehead atoms. The van der Waals surface area contributed by atoms with Crippen molar-refractivity contribution in [2.45, 2.75) is 17.6 Å². The number of hydrogen-bond acceptors (Lipinski definition) is 2. The Balaban J connectivity index is 2.41. The summed E-state index contributed by atoms with van der Waals surface area (Å²) in [6.45, 7) is 1.91. The lowest BCUT2D eigenvalue weighted by atomic mass is 10.2. The zero-order valence-electron chi connectivity index (χ0n) is 10.5. The third kappa shape index (κ3) is 3.64. The van der Waals surface area contributed by atoms with Crippen molar-refractivity contribution in [1.82, 2.24) is 0 Å². The Kier molecular flexibility index (Phi) is 4.95. The van der Waals surface area contributed by atoms with Gasteiger partial charge in [0.25, 0.3) is 0 Å². The molecule has 0 unspecified atom stereocenters. The first-order valence-corrected chi connectivity index (χ1v) is 9.34. The number of hydrogen-bond donors (Lipinski definition) is 0. The van der Waals surface area contributed by atoms with Crippen LogP contribution in [-0.4, -0.2) is 8.42 Å². The quantitative estimate of drug-likeness (QED) is 0.664. The molecule has 0 aliphatic heterocycles. The van der Waals surface area contributed by atoms with E-state index in [0.29, 0.717) is 24.4 Å². The van der Waals surface area contributed by atoms with E-state index < -0.39 is 9.84 Å². The lowest BCUT2D eigenvalue weighted by Crippen LogP contribution is -2.06. The molecule has 0 fully saturated rings. The van der Waals surface area contributed by atoms with Crippen molar-refractivity contribution in [3.8, 4) is 0 Å². The summed E-state index contributed by atoms with van der Waals surface area (Å²) in [5.41, 5.74) is 1.69. The van der Waals surface area contributed by atoms with Crippen LogP contribution in [0, 0.1) is 6.92 Å². The molecule has 2 aromatic rings. The largest absolute Gasteiger partial charge is 0.223 e. The molecule has 0 spiro atoms. The van der Waals surface area contributed by atoms with Gasteiger partial charge in [-0.2, -0.15) is 0 Å². The Labute approximate surface area is 140 Å². The predicted octanol–water partition coefficient (Wildman–Crippen LogP) is 5.15. The van der Waals surface area contributed by atoms with Gasteiger partial charge in [-0.3, -0.25) is 0 Å². The van der Waals surface area contributed by atoms with Crippen LogP contribution < -0.4 is 0 Å². The van der Waals surface area contributed by atoms with E-state index in [-0.39, 0.29) is 5.75 Å². The molecular formula is C14H11Br2ClO2S. The second-order valence-corrected chi connectivity index (χ2v) is 8.53. The van der Waals surface area contributed by atoms with Crippen molar-refractivity contribution in [3.63, 3.8) is 0 Å². The molecule has 2 aromatic carbocycles. The first kappa shape index (κ1) is 16.0. The molecule has 20 heavy (non-hydrogen) atoms. The van der Waals surface area contributed by atoms with Crippen LogP contribution >= 0.6 is 43.5 Å². The minimum atomic E-state index is -3.42. The van der Waals surface area contributed by atoms with Gasteiger partial charge in [-0.25, -0.2) is 8.42 Å². The van der Waals surface area contributed by atoms with E-state index in [4.69, 9.17) is 11.6 Å². The van der Waals surface area contributed by atoms with Crippen LogP contribution in [0.5, 0.6) is 0 Å². The molecule has 0 heterocycles. The number of aryl methyl sites for hydroxylation is 1. The van der Waals surface area contributed by atoms with E-state index >= 15 is 0 Å². The highest BCUT2D eigenvalue weighted by Crippen LogP contribution is 2.29. The summed E-state index contributed by atoms with van der Waals surface area (Å²) in [7, 11) is -3.42. The van der Waals surface area contributed by atoms with Crippen molar-refractivity contribution in [1.29, 1.82) is 0 Å². The second-order valence-electron chi connectivity index (χ2n) is 4.43. The average molecular weight is 439 g/mol. The zero-order valence-corrected chi connectivity index (χ0v) is 15.3. The maximum atomic E-state index is 12.5. The van der Waals surface area contributed by atoms with Crippen molar-refractivity contribution < 1.29 is 8.42 Å². The van der Waals surface area contributed by atoms with Crippen LogP contribution in [0.25, 0.3) is 0 Å². The van der Waals surface area contributed by atoms with Crippen LogP contribution in [0.2, 0.25) is 5.02 Å². The SMILES string of the molecule is Cc1ccc(S(=O)(=O)Cc2ccc(Cl)cc2Br)c(Br)c1. The van der Waals surface area contributed by atoms with Gasteiger partial charge in [0.2, 0.25) is 0 Å². The molecule has 0 aliphatic rings. The van der Waals surface area contributed by atoms with E-state index in [0.717, 1.165) is 5.56 Å². The van der Waals surface area contributed by atoms with Crippen LogP contribution in [0.1, 0.15) is 11.1 Å². The Hall–Kier alpha value is -0.360. The third-order valence-corrected chi connectivity index (χ3v) is 6.39. The van der Waals surface area contributed by atoms with E-state index in [1.165, 1.54) is 0 Å². The van der Waals surface area contributed by atoms with E-state index in [9.17, 15) is 8.42 Å². The second kappa shape index (κ2) is 6.18. The standard InChI is InChI=1S/C14H11Br2ClO2S/c1-9-2-5-14(13(16)6-9)20(18,19)8-10-3-4-11(17)7-12(10)15/h2-7H,8H2,1H3. The summed E-state index contributed by atoms with van der Waals surface area (Å²) in [6.07, 6.45) is 0. The fraction of sp³-hybridized carbons (Fsp3) is 0.143. The molecule has 0 atom stereocenters. The maximum Gasteiger partial charge on any atom is 0.183 e. The highest BCUT2D eigenvalue weighted by molar-refractivity contribution is 9.10. The van der Waals surface area contributed by atoms with Gasteiger partial charge in [-0.1, -0.05) is 39.7 Å². The van der Waals surface area contributed by atoms with E-state index in [1.807, 2.05) is 6.92 Å². The van der Waals surface area contributed by atoms with Gasteiger partial charge in [-0.15, -0.1) is 0 Å². The normalized spacial score (nSPS) is 11.6. The van der Waals surface area contributed by atoms with Crippen LogP contribution in [0.15, 0.2) is 50.2 Å². The fourth-order valence-corrected chi connectivity index (χ4v) is 5.47. The van der Waals surface area contributed by atoms with Crippen molar-refractivity contribution in [2.75, 3.05) is 0 Å². The molecule has 0 aliphatic carbocycles. The van der Waals surface area contributed by atoms with Gasteiger partial charge in [0.05, 0.1) is 10.6 Å². The van der Waals surface area contributed by atoms with Gasteiger partial charge < -0.3 is 0 Å². The first-order chi connectivity index (χ1) is 9.29. The molecule has 0 aromatic heterocycles. The molecule has 6 heteroatoms. The molecule has 2 nitrogen and oxygen atoms in total. The average Bonchev–Trinajstić information content (AvgIpc) is 2.32.